The van der Waals surface area contributed by atoms with E-state index in [9.17, 15) is 5.11 Å². The van der Waals surface area contributed by atoms with Crippen LogP contribution in [0.25, 0.3) is 0 Å². The van der Waals surface area contributed by atoms with Gasteiger partial charge in [0.25, 0.3) is 0 Å². The normalized spacial score (nSPS) is 34.4. The molecule has 0 aliphatic heterocycles. The topological polar surface area (TPSA) is 29.5 Å². The van der Waals surface area contributed by atoms with Gasteiger partial charge >= 0.3 is 132 Å². The number of aliphatic hydroxyl groups excluding tert-OH is 1. The zero-order valence-electron chi connectivity index (χ0n) is 12.6. The molecule has 2 fully saturated rings. The summed E-state index contributed by atoms with van der Waals surface area (Å²) in [6.07, 6.45) is 3.51. The predicted molar refractivity (Wildman–Crippen MR) is 82.8 cm³/mol. The summed E-state index contributed by atoms with van der Waals surface area (Å²) in [6, 6.07) is 8.54. The molecular weight excluding hydrogens is 364 g/mol. The monoisotopic (exact) mass is 390 g/mol. The molecule has 2 nitrogen and oxygen atoms in total. The molecular formula is C17H24O2Te. The van der Waals surface area contributed by atoms with Crippen LogP contribution in [0.2, 0.25) is 4.47 Å². The molecule has 20 heavy (non-hydrogen) atoms. The standard InChI is InChI=1S/C17H24O2Te/c1-16(2)12-8-9-17(16,15(18)10-12)11-20-14-6-4-13(19-3)5-7-14/h4-7,12,15,18H,8-11H2,1-3H3/t12-,15-,17-/m1/s1. The van der Waals surface area contributed by atoms with Crippen LogP contribution in [-0.2, 0) is 0 Å². The summed E-state index contributed by atoms with van der Waals surface area (Å²) < 4.78 is 7.93. The molecule has 0 heterocycles. The van der Waals surface area contributed by atoms with Crippen LogP contribution in [0.4, 0.5) is 0 Å². The van der Waals surface area contributed by atoms with Gasteiger partial charge in [0, 0.05) is 0 Å². The van der Waals surface area contributed by atoms with E-state index in [2.05, 4.69) is 38.1 Å². The number of methoxy groups -OCH3 is 1. The number of rotatable bonds is 4. The van der Waals surface area contributed by atoms with E-state index in [4.69, 9.17) is 4.74 Å². The van der Waals surface area contributed by atoms with Gasteiger partial charge in [-0.15, -0.1) is 0 Å². The van der Waals surface area contributed by atoms with Crippen LogP contribution in [-0.4, -0.2) is 39.2 Å². The van der Waals surface area contributed by atoms with Gasteiger partial charge in [0.2, 0.25) is 0 Å². The van der Waals surface area contributed by atoms with Crippen molar-refractivity contribution in [3.05, 3.63) is 24.3 Å². The van der Waals surface area contributed by atoms with Crippen molar-refractivity contribution in [3.8, 4) is 5.75 Å². The van der Waals surface area contributed by atoms with Gasteiger partial charge in [0.15, 0.2) is 0 Å². The molecule has 0 unspecified atom stereocenters. The first-order chi connectivity index (χ1) is 9.49. The van der Waals surface area contributed by atoms with E-state index in [0.717, 1.165) is 18.1 Å². The molecule has 2 aliphatic rings. The van der Waals surface area contributed by atoms with Crippen molar-refractivity contribution < 1.29 is 9.84 Å². The number of fused-ring (bicyclic) bond motifs is 2. The van der Waals surface area contributed by atoms with Gasteiger partial charge in [-0.2, -0.15) is 0 Å². The van der Waals surface area contributed by atoms with Crippen molar-refractivity contribution in [2.75, 3.05) is 7.11 Å². The number of ether oxygens (including phenoxy) is 1. The first-order valence-electron chi connectivity index (χ1n) is 7.44. The molecule has 2 aliphatic carbocycles. The fourth-order valence-corrected chi connectivity index (χ4v) is 8.43. The van der Waals surface area contributed by atoms with Crippen LogP contribution in [0.5, 0.6) is 5.75 Å². The summed E-state index contributed by atoms with van der Waals surface area (Å²) in [6.45, 7) is 4.78. The van der Waals surface area contributed by atoms with Gasteiger partial charge in [-0.3, -0.25) is 0 Å². The molecule has 0 amide bonds. The average molecular weight is 388 g/mol. The van der Waals surface area contributed by atoms with Gasteiger partial charge in [0.05, 0.1) is 0 Å². The van der Waals surface area contributed by atoms with E-state index in [1.165, 1.54) is 20.9 Å². The Kier molecular flexibility index (Phi) is 3.82. The molecule has 0 aromatic heterocycles. The Morgan fingerprint density at radius 1 is 1.30 bits per heavy atom. The van der Waals surface area contributed by atoms with Gasteiger partial charge in [0.1, 0.15) is 0 Å². The molecule has 2 bridgehead atoms. The summed E-state index contributed by atoms with van der Waals surface area (Å²) in [5.41, 5.74) is 0.517. The first kappa shape index (κ1) is 14.7. The van der Waals surface area contributed by atoms with Crippen molar-refractivity contribution in [2.24, 2.45) is 16.7 Å². The molecule has 1 aromatic carbocycles. The third-order valence-electron chi connectivity index (χ3n) is 5.94. The molecule has 110 valence electrons. The van der Waals surface area contributed by atoms with E-state index in [1.807, 2.05) is 0 Å². The van der Waals surface area contributed by atoms with Crippen molar-refractivity contribution in [1.29, 1.82) is 0 Å². The van der Waals surface area contributed by atoms with E-state index < -0.39 is 0 Å². The van der Waals surface area contributed by atoms with Crippen molar-refractivity contribution in [3.63, 3.8) is 0 Å². The zero-order chi connectivity index (χ0) is 14.4. The van der Waals surface area contributed by atoms with Crippen molar-refractivity contribution in [2.45, 2.75) is 43.7 Å². The summed E-state index contributed by atoms with van der Waals surface area (Å²) in [4.78, 5) is 0. The second-order valence-corrected chi connectivity index (χ2v) is 9.82. The fraction of sp³-hybridized carbons (Fsp3) is 0.647. The molecule has 3 atom stereocenters. The minimum absolute atomic E-state index is 0.0698. The van der Waals surface area contributed by atoms with Crippen LogP contribution in [0, 0.1) is 16.7 Å². The Balaban J connectivity index is 1.73. The molecule has 1 N–H and O–H groups in total. The molecule has 3 rings (SSSR count). The number of aliphatic hydroxyl groups is 1. The van der Waals surface area contributed by atoms with Gasteiger partial charge in [-0.25, -0.2) is 0 Å². The maximum atomic E-state index is 10.6. The Labute approximate surface area is 132 Å². The minimum atomic E-state index is -0.234. The molecule has 0 saturated heterocycles. The third kappa shape index (κ3) is 2.10. The molecule has 2 saturated carbocycles. The van der Waals surface area contributed by atoms with Crippen molar-refractivity contribution in [1.82, 2.24) is 0 Å². The second kappa shape index (κ2) is 5.20. The van der Waals surface area contributed by atoms with Crippen molar-refractivity contribution >= 4 is 24.5 Å². The van der Waals surface area contributed by atoms with Crippen LogP contribution in [0.15, 0.2) is 24.3 Å². The number of benzene rings is 1. The zero-order valence-corrected chi connectivity index (χ0v) is 14.9. The molecule has 1 aromatic rings. The second-order valence-electron chi connectivity index (χ2n) is 6.83. The van der Waals surface area contributed by atoms with Crippen LogP contribution >= 0.6 is 0 Å². The molecule has 0 spiro atoms. The maximum absolute atomic E-state index is 10.6. The first-order valence-corrected chi connectivity index (χ1v) is 10.3. The van der Waals surface area contributed by atoms with Gasteiger partial charge < -0.3 is 0 Å². The quantitative estimate of drug-likeness (QED) is 0.805. The van der Waals surface area contributed by atoms with Crippen LogP contribution in [0.3, 0.4) is 0 Å². The Bertz CT molecular complexity index is 482. The van der Waals surface area contributed by atoms with E-state index in [1.54, 1.807) is 7.11 Å². The van der Waals surface area contributed by atoms with Gasteiger partial charge in [-0.05, 0) is 0 Å². The van der Waals surface area contributed by atoms with Crippen LogP contribution in [0.1, 0.15) is 33.1 Å². The van der Waals surface area contributed by atoms with Gasteiger partial charge in [-0.1, -0.05) is 0 Å². The predicted octanol–water partition coefficient (Wildman–Crippen LogP) is 2.63. The van der Waals surface area contributed by atoms with E-state index >= 15 is 0 Å². The molecule has 0 radical (unpaired) electrons. The number of hydrogen-bond donors (Lipinski definition) is 1. The molecule has 3 heteroatoms. The van der Waals surface area contributed by atoms with E-state index in [-0.39, 0.29) is 32.4 Å². The average Bonchev–Trinajstić information content (AvgIpc) is 2.80. The summed E-state index contributed by atoms with van der Waals surface area (Å²) in [5.74, 6) is 1.67. The Morgan fingerprint density at radius 2 is 2.00 bits per heavy atom. The SMILES string of the molecule is COc1ccc([Te]C[C@]23CC[C@H](C[C@H]2O)C3(C)C)cc1. The summed E-state index contributed by atoms with van der Waals surface area (Å²) in [7, 11) is 1.71. The summed E-state index contributed by atoms with van der Waals surface area (Å²) in [5, 5.41) is 10.6. The third-order valence-corrected chi connectivity index (χ3v) is 9.55. The Hall–Kier alpha value is -0.230. The summed E-state index contributed by atoms with van der Waals surface area (Å²) >= 11 is -0.234. The van der Waals surface area contributed by atoms with E-state index in [0.29, 0.717) is 5.41 Å². The fourth-order valence-electron chi connectivity index (χ4n) is 4.26. The number of hydrogen-bond acceptors (Lipinski definition) is 2. The Morgan fingerprint density at radius 3 is 2.50 bits per heavy atom. The van der Waals surface area contributed by atoms with Crippen LogP contribution < -0.4 is 8.35 Å².